The fourth-order valence-corrected chi connectivity index (χ4v) is 6.92. The van der Waals surface area contributed by atoms with E-state index < -0.39 is 65.9 Å². The van der Waals surface area contributed by atoms with Gasteiger partial charge in [0.25, 0.3) is 5.56 Å². The third-order valence-electron chi connectivity index (χ3n) is 5.99. The Balaban J connectivity index is 0.000000599. The maximum atomic E-state index is 12.0. The molecule has 0 saturated carbocycles. The fourth-order valence-electron chi connectivity index (χ4n) is 3.89. The molecule has 2 unspecified atom stereocenters. The van der Waals surface area contributed by atoms with E-state index in [0.717, 1.165) is 6.07 Å². The van der Waals surface area contributed by atoms with E-state index in [1.54, 1.807) is 0 Å². The van der Waals surface area contributed by atoms with E-state index in [1.807, 2.05) is 0 Å². The summed E-state index contributed by atoms with van der Waals surface area (Å²) in [4.78, 5) is 64.2. The number of aromatic amines is 1. The molecule has 21 heteroatoms. The van der Waals surface area contributed by atoms with Crippen LogP contribution < -0.4 is 11.2 Å². The quantitative estimate of drug-likeness (QED) is 0.115. The van der Waals surface area contributed by atoms with E-state index in [1.165, 1.54) is 65.1 Å². The summed E-state index contributed by atoms with van der Waals surface area (Å²) in [6.07, 6.45) is 1.02. The van der Waals surface area contributed by atoms with Gasteiger partial charge >= 0.3 is 29.2 Å². The molecular formula is C22H44N3O15P3. The smallest absolute Gasteiger partial charge is 0.387 e. The summed E-state index contributed by atoms with van der Waals surface area (Å²) in [5.41, 5.74) is -1.66. The number of ether oxygens (including phenoxy) is 1. The number of aliphatic hydroxyl groups excluding tert-OH is 2. The lowest BCUT2D eigenvalue weighted by atomic mass is 10.1. The number of phosphoric ester groups is 1. The summed E-state index contributed by atoms with van der Waals surface area (Å²) in [5, 5.41) is 20.0. The number of hydrogen-bond donors (Lipinski definition) is 7. The number of rotatable bonds is 17. The third-order valence-corrected chi connectivity index (χ3v) is 9.80. The average Bonchev–Trinajstić information content (AvgIpc) is 3.13. The largest absolute Gasteiger partial charge is 0.490 e. The Kier molecular flexibility index (Phi) is 16.9. The van der Waals surface area contributed by atoms with Gasteiger partial charge in [0.2, 0.25) is 0 Å². The van der Waals surface area contributed by atoms with Gasteiger partial charge in [0, 0.05) is 11.8 Å². The topological polar surface area (TPSA) is 268 Å². The van der Waals surface area contributed by atoms with E-state index in [4.69, 9.17) is 19.4 Å². The first kappa shape index (κ1) is 40.0. The molecule has 1 saturated heterocycles. The Bertz CT molecular complexity index is 1200. The minimum Gasteiger partial charge on any atom is -0.387 e. The van der Waals surface area contributed by atoms with Gasteiger partial charge in [-0.25, -0.2) is 23.1 Å². The number of aryl methyl sites for hydroxylation is 1. The first-order valence-corrected chi connectivity index (χ1v) is 18.2. The van der Waals surface area contributed by atoms with Gasteiger partial charge in [-0.05, 0) is 45.8 Å². The van der Waals surface area contributed by atoms with Crippen LogP contribution in [0.3, 0.4) is 0 Å². The molecule has 252 valence electrons. The van der Waals surface area contributed by atoms with Crippen molar-refractivity contribution in [1.29, 1.82) is 0 Å². The number of aromatic nitrogens is 2. The molecule has 0 bridgehead atoms. The van der Waals surface area contributed by atoms with Crippen LogP contribution in [0.2, 0.25) is 0 Å². The minimum atomic E-state index is -5.75. The molecule has 2 rings (SSSR count). The number of phosphoric acid groups is 3. The number of nitrogens with zero attached hydrogens (tertiary/aromatic N) is 2. The Morgan fingerprint density at radius 3 is 1.84 bits per heavy atom. The molecule has 0 aliphatic carbocycles. The molecule has 1 aliphatic heterocycles. The van der Waals surface area contributed by atoms with Gasteiger partial charge in [-0.2, -0.15) is 8.62 Å². The summed E-state index contributed by atoms with van der Waals surface area (Å²) in [7, 11) is -16.8. The summed E-state index contributed by atoms with van der Waals surface area (Å²) < 4.78 is 50.4. The second-order valence-electron chi connectivity index (χ2n) is 9.80. The van der Waals surface area contributed by atoms with Crippen molar-refractivity contribution in [2.24, 2.45) is 0 Å². The van der Waals surface area contributed by atoms with Gasteiger partial charge in [0.1, 0.15) is 18.3 Å². The zero-order valence-corrected chi connectivity index (χ0v) is 27.2. The molecule has 0 radical (unpaired) electrons. The summed E-state index contributed by atoms with van der Waals surface area (Å²) >= 11 is 0. The van der Waals surface area contributed by atoms with E-state index in [-0.39, 0.29) is 5.69 Å². The number of nitrogens with one attached hydrogen (secondary N) is 1. The second-order valence-corrected chi connectivity index (χ2v) is 14.2. The van der Waals surface area contributed by atoms with E-state index >= 15 is 0 Å². The Labute approximate surface area is 249 Å². The highest BCUT2D eigenvalue weighted by Gasteiger charge is 2.47. The Hall–Kier alpha value is -1.07. The normalized spacial score (nSPS) is 23.4. The zero-order chi connectivity index (χ0) is 33.0. The first-order valence-electron chi connectivity index (χ1n) is 13.7. The second kappa shape index (κ2) is 18.2. The summed E-state index contributed by atoms with van der Waals surface area (Å²) in [5.74, 6) is 0. The molecule has 18 nitrogen and oxygen atoms in total. The molecule has 1 aliphatic rings. The van der Waals surface area contributed by atoms with Gasteiger partial charge < -0.3 is 44.4 Å². The molecule has 43 heavy (non-hydrogen) atoms. The van der Waals surface area contributed by atoms with Gasteiger partial charge in [-0.1, -0.05) is 40.0 Å². The highest BCUT2D eigenvalue weighted by molar-refractivity contribution is 7.66. The SMILES string of the molecule is CCCCN(CCCC)CCCC.Cc1cc(=O)n([C@@H]2O[C@H](COP(=O)(O)OP(=O)(O)OP(=O)(O)O)[C@@H](O)[C@H]2O)c(=O)[nH]1. The Morgan fingerprint density at radius 1 is 0.884 bits per heavy atom. The van der Waals surface area contributed by atoms with Crippen molar-refractivity contribution in [3.63, 3.8) is 0 Å². The van der Waals surface area contributed by atoms with Crippen LogP contribution in [-0.2, 0) is 31.6 Å². The molecule has 2 heterocycles. The fraction of sp³-hybridized carbons (Fsp3) is 0.818. The van der Waals surface area contributed by atoms with Crippen molar-refractivity contribution in [3.05, 3.63) is 32.6 Å². The van der Waals surface area contributed by atoms with E-state index in [2.05, 4.69) is 43.8 Å². The van der Waals surface area contributed by atoms with Crippen LogP contribution >= 0.6 is 23.5 Å². The molecule has 6 atom stereocenters. The number of unbranched alkanes of at least 4 members (excludes halogenated alkanes) is 3. The van der Waals surface area contributed by atoms with E-state index in [0.29, 0.717) is 4.57 Å². The van der Waals surface area contributed by atoms with Crippen LogP contribution in [0.25, 0.3) is 0 Å². The predicted molar refractivity (Wildman–Crippen MR) is 153 cm³/mol. The van der Waals surface area contributed by atoms with Crippen LogP contribution in [0.15, 0.2) is 15.7 Å². The number of H-pyrrole nitrogens is 1. The van der Waals surface area contributed by atoms with E-state index in [9.17, 15) is 38.4 Å². The lowest BCUT2D eigenvalue weighted by Gasteiger charge is -2.21. The standard InChI is InChI=1S/C12H27N.C10H17N2O15P3/c1-4-7-10-13(11-8-5-2)12-9-6-3;1-4-2-6(13)12(10(16)11-4)9-8(15)7(14)5(25-9)3-24-29(20,21)27-30(22,23)26-28(17,18)19/h4-12H2,1-3H3;2,5,7-9,14-15H,3H2,1H3,(H,11,16)(H,20,21)(H,22,23)(H2,17,18,19)/t;5-,7-,8-,9-/m.1/s1. The van der Waals surface area contributed by atoms with Crippen molar-refractivity contribution < 1.29 is 61.4 Å². The lowest BCUT2D eigenvalue weighted by Crippen LogP contribution is -2.42. The van der Waals surface area contributed by atoms with Crippen LogP contribution in [-0.4, -0.2) is 88.8 Å². The minimum absolute atomic E-state index is 0.207. The lowest BCUT2D eigenvalue weighted by molar-refractivity contribution is -0.0557. The molecule has 0 aromatic carbocycles. The molecular weight excluding hydrogens is 639 g/mol. The molecule has 1 aromatic rings. The van der Waals surface area contributed by atoms with Crippen molar-refractivity contribution in [3.8, 4) is 0 Å². The van der Waals surface area contributed by atoms with Gasteiger partial charge in [-0.3, -0.25) is 9.32 Å². The third kappa shape index (κ3) is 14.7. The van der Waals surface area contributed by atoms with Crippen LogP contribution in [0.4, 0.5) is 0 Å². The maximum absolute atomic E-state index is 12.0. The van der Waals surface area contributed by atoms with Crippen molar-refractivity contribution in [2.75, 3.05) is 26.2 Å². The summed E-state index contributed by atoms with van der Waals surface area (Å²) in [6.45, 7) is 11.1. The Morgan fingerprint density at radius 2 is 1.40 bits per heavy atom. The van der Waals surface area contributed by atoms with Crippen molar-refractivity contribution in [2.45, 2.75) is 90.8 Å². The number of hydrogen-bond acceptors (Lipinski definition) is 12. The van der Waals surface area contributed by atoms with Crippen LogP contribution in [0.5, 0.6) is 0 Å². The first-order chi connectivity index (χ1) is 19.9. The molecule has 1 aromatic heterocycles. The molecule has 1 fully saturated rings. The number of aliphatic hydroxyl groups is 2. The van der Waals surface area contributed by atoms with Gasteiger partial charge in [0.15, 0.2) is 6.23 Å². The maximum Gasteiger partial charge on any atom is 0.490 e. The van der Waals surface area contributed by atoms with Crippen LogP contribution in [0.1, 0.15) is 71.2 Å². The van der Waals surface area contributed by atoms with Crippen molar-refractivity contribution >= 4 is 23.5 Å². The van der Waals surface area contributed by atoms with Gasteiger partial charge in [0.05, 0.1) is 6.61 Å². The summed E-state index contributed by atoms with van der Waals surface area (Å²) in [6, 6.07) is 1.00. The molecule has 0 spiro atoms. The predicted octanol–water partition coefficient (Wildman–Crippen LogP) is 1.50. The zero-order valence-electron chi connectivity index (χ0n) is 24.6. The van der Waals surface area contributed by atoms with Crippen LogP contribution in [0, 0.1) is 6.92 Å². The molecule has 0 amide bonds. The van der Waals surface area contributed by atoms with Crippen molar-refractivity contribution in [1.82, 2.24) is 14.5 Å². The molecule has 7 N–H and O–H groups in total. The highest BCUT2D eigenvalue weighted by atomic mass is 31.3. The average molecular weight is 684 g/mol. The highest BCUT2D eigenvalue weighted by Crippen LogP contribution is 2.66. The van der Waals surface area contributed by atoms with Gasteiger partial charge in [-0.15, -0.1) is 0 Å². The monoisotopic (exact) mass is 683 g/mol.